The number of nitrogens with two attached hydrogens (primary N) is 1. The first-order valence-corrected chi connectivity index (χ1v) is 6.55. The Kier molecular flexibility index (Phi) is 4.78. The third-order valence-electron chi connectivity index (χ3n) is 1.95. The van der Waals surface area contributed by atoms with E-state index in [0.717, 1.165) is 16.7 Å². The Hall–Kier alpha value is -1.31. The number of hydrogen-bond donors (Lipinski definition) is 2. The molecule has 0 atom stereocenters. The fraction of sp³-hybridized carbons (Fsp3) is 0.636. The lowest BCUT2D eigenvalue weighted by molar-refractivity contribution is -0.140. The van der Waals surface area contributed by atoms with E-state index in [-0.39, 0.29) is 11.5 Å². The summed E-state index contributed by atoms with van der Waals surface area (Å²) in [4.78, 5) is 7.56. The third-order valence-corrected chi connectivity index (χ3v) is 2.86. The molecule has 0 unspecified atom stereocenters. The van der Waals surface area contributed by atoms with E-state index in [1.165, 1.54) is 0 Å². The van der Waals surface area contributed by atoms with Crippen LogP contribution >= 0.6 is 11.3 Å². The summed E-state index contributed by atoms with van der Waals surface area (Å²) in [6.07, 6.45) is -4.04. The third kappa shape index (κ3) is 5.91. The fourth-order valence-electron chi connectivity index (χ4n) is 1.25. The second kappa shape index (κ2) is 5.77. The molecule has 0 aliphatic rings. The number of nitrogens with zero attached hydrogens (tertiary/aromatic N) is 2. The first-order chi connectivity index (χ1) is 8.58. The van der Waals surface area contributed by atoms with Gasteiger partial charge in [0.25, 0.3) is 0 Å². The molecule has 1 aromatic rings. The first kappa shape index (κ1) is 15.7. The van der Waals surface area contributed by atoms with Crippen molar-refractivity contribution in [2.75, 3.05) is 6.54 Å². The Morgan fingerprint density at radius 2 is 2.05 bits per heavy atom. The van der Waals surface area contributed by atoms with E-state index < -0.39 is 11.9 Å². The summed E-state index contributed by atoms with van der Waals surface area (Å²) in [5.74, 6) is 0.278. The van der Waals surface area contributed by atoms with E-state index in [4.69, 9.17) is 5.73 Å². The Morgan fingerprint density at radius 1 is 1.42 bits per heavy atom. The van der Waals surface area contributed by atoms with Crippen LogP contribution in [-0.4, -0.2) is 23.0 Å². The summed E-state index contributed by atoms with van der Waals surface area (Å²) >= 11 is 0.980. The molecule has 0 saturated carbocycles. The molecular weight excluding hydrogens is 277 g/mol. The number of halogens is 3. The van der Waals surface area contributed by atoms with E-state index in [9.17, 15) is 13.2 Å². The van der Waals surface area contributed by atoms with Gasteiger partial charge in [0.15, 0.2) is 11.7 Å². The van der Waals surface area contributed by atoms with E-state index in [0.29, 0.717) is 18.0 Å². The SMILES string of the molecule is CC(C)(C)NC(N)=NCCc1nc(C(F)(F)F)cs1. The molecule has 0 aliphatic carbocycles. The number of rotatable bonds is 3. The standard InChI is InChI=1S/C11H17F3N4S/c1-10(2,3)18-9(15)16-5-4-8-17-7(6-19-8)11(12,13)14/h6H,4-5H2,1-3H3,(H3,15,16,18). The van der Waals surface area contributed by atoms with E-state index in [2.05, 4.69) is 15.3 Å². The largest absolute Gasteiger partial charge is 0.434 e. The van der Waals surface area contributed by atoms with Gasteiger partial charge in [-0.2, -0.15) is 13.2 Å². The number of hydrogen-bond acceptors (Lipinski definition) is 3. The van der Waals surface area contributed by atoms with Crippen molar-refractivity contribution in [2.45, 2.75) is 38.9 Å². The van der Waals surface area contributed by atoms with Crippen LogP contribution in [0.3, 0.4) is 0 Å². The number of nitrogens with one attached hydrogen (secondary N) is 1. The normalized spacial score (nSPS) is 13.7. The molecule has 0 bridgehead atoms. The highest BCUT2D eigenvalue weighted by molar-refractivity contribution is 7.09. The second-order valence-electron chi connectivity index (χ2n) is 5.02. The van der Waals surface area contributed by atoms with Crippen molar-refractivity contribution < 1.29 is 13.2 Å². The molecule has 0 fully saturated rings. The van der Waals surface area contributed by atoms with E-state index in [1.54, 1.807) is 0 Å². The molecular formula is C11H17F3N4S. The van der Waals surface area contributed by atoms with Crippen LogP contribution in [0.4, 0.5) is 13.2 Å². The molecule has 0 aliphatic heterocycles. The second-order valence-corrected chi connectivity index (χ2v) is 5.96. The van der Waals surface area contributed by atoms with Crippen LogP contribution in [-0.2, 0) is 12.6 Å². The zero-order chi connectivity index (χ0) is 14.7. The summed E-state index contributed by atoms with van der Waals surface area (Å²) in [5.41, 5.74) is 4.59. The average Bonchev–Trinajstić information content (AvgIpc) is 2.62. The van der Waals surface area contributed by atoms with Gasteiger partial charge in [-0.3, -0.25) is 4.99 Å². The highest BCUT2D eigenvalue weighted by Gasteiger charge is 2.33. The van der Waals surface area contributed by atoms with E-state index in [1.807, 2.05) is 20.8 Å². The molecule has 19 heavy (non-hydrogen) atoms. The van der Waals surface area contributed by atoms with Gasteiger partial charge in [-0.1, -0.05) is 0 Å². The number of aliphatic imine (C=N–C) groups is 1. The molecule has 4 nitrogen and oxygen atoms in total. The Bertz CT molecular complexity index is 446. The molecule has 1 aromatic heterocycles. The predicted molar refractivity (Wildman–Crippen MR) is 70.2 cm³/mol. The van der Waals surface area contributed by atoms with Crippen molar-refractivity contribution in [2.24, 2.45) is 10.7 Å². The molecule has 0 amide bonds. The lowest BCUT2D eigenvalue weighted by Crippen LogP contribution is -2.45. The lowest BCUT2D eigenvalue weighted by Gasteiger charge is -2.20. The minimum absolute atomic E-state index is 0.196. The number of aromatic nitrogens is 1. The van der Waals surface area contributed by atoms with Crippen LogP contribution in [0.1, 0.15) is 31.5 Å². The van der Waals surface area contributed by atoms with Gasteiger partial charge in [0.2, 0.25) is 0 Å². The summed E-state index contributed by atoms with van der Waals surface area (Å²) in [7, 11) is 0. The molecule has 0 spiro atoms. The van der Waals surface area contributed by atoms with Gasteiger partial charge < -0.3 is 11.1 Å². The Balaban J connectivity index is 2.50. The Labute approximate surface area is 113 Å². The van der Waals surface area contributed by atoms with Gasteiger partial charge in [-0.25, -0.2) is 4.98 Å². The van der Waals surface area contributed by atoms with Crippen molar-refractivity contribution >= 4 is 17.3 Å². The van der Waals surface area contributed by atoms with Crippen LogP contribution in [0.2, 0.25) is 0 Å². The maximum absolute atomic E-state index is 12.3. The topological polar surface area (TPSA) is 63.3 Å². The molecule has 1 heterocycles. The van der Waals surface area contributed by atoms with Crippen molar-refractivity contribution in [1.82, 2.24) is 10.3 Å². The number of alkyl halides is 3. The molecule has 0 saturated heterocycles. The quantitative estimate of drug-likeness (QED) is 0.664. The van der Waals surface area contributed by atoms with Gasteiger partial charge in [0.05, 0.1) is 5.01 Å². The molecule has 8 heteroatoms. The van der Waals surface area contributed by atoms with Crippen molar-refractivity contribution in [3.05, 3.63) is 16.1 Å². The van der Waals surface area contributed by atoms with Gasteiger partial charge in [-0.15, -0.1) is 11.3 Å². The molecule has 1 rings (SSSR count). The summed E-state index contributed by atoms with van der Waals surface area (Å²) in [6.45, 7) is 6.11. The zero-order valence-corrected chi connectivity index (χ0v) is 11.8. The Morgan fingerprint density at radius 3 is 2.53 bits per heavy atom. The fourth-order valence-corrected chi connectivity index (χ4v) is 2.05. The van der Waals surface area contributed by atoms with Crippen molar-refractivity contribution in [3.63, 3.8) is 0 Å². The summed E-state index contributed by atoms with van der Waals surface area (Å²) in [6, 6.07) is 0. The van der Waals surface area contributed by atoms with Crippen LogP contribution in [0.25, 0.3) is 0 Å². The lowest BCUT2D eigenvalue weighted by atomic mass is 10.1. The molecule has 3 N–H and O–H groups in total. The van der Waals surface area contributed by atoms with Crippen LogP contribution in [0.5, 0.6) is 0 Å². The van der Waals surface area contributed by atoms with Gasteiger partial charge in [0, 0.05) is 23.9 Å². The summed E-state index contributed by atoms with van der Waals surface area (Å²) in [5, 5.41) is 4.38. The van der Waals surface area contributed by atoms with Crippen LogP contribution in [0, 0.1) is 0 Å². The number of thiazole rings is 1. The molecule has 108 valence electrons. The molecule has 0 radical (unpaired) electrons. The maximum Gasteiger partial charge on any atom is 0.434 e. The predicted octanol–water partition coefficient (Wildman–Crippen LogP) is 2.41. The number of guanidine groups is 1. The van der Waals surface area contributed by atoms with Crippen LogP contribution < -0.4 is 11.1 Å². The highest BCUT2D eigenvalue weighted by Crippen LogP contribution is 2.30. The summed E-state index contributed by atoms with van der Waals surface area (Å²) < 4.78 is 37.0. The highest BCUT2D eigenvalue weighted by atomic mass is 32.1. The zero-order valence-electron chi connectivity index (χ0n) is 11.0. The minimum Gasteiger partial charge on any atom is -0.370 e. The van der Waals surface area contributed by atoms with Crippen LogP contribution in [0.15, 0.2) is 10.4 Å². The van der Waals surface area contributed by atoms with Gasteiger partial charge >= 0.3 is 6.18 Å². The van der Waals surface area contributed by atoms with Gasteiger partial charge in [-0.05, 0) is 20.8 Å². The molecule has 0 aromatic carbocycles. The van der Waals surface area contributed by atoms with E-state index >= 15 is 0 Å². The monoisotopic (exact) mass is 294 g/mol. The maximum atomic E-state index is 12.3. The average molecular weight is 294 g/mol. The first-order valence-electron chi connectivity index (χ1n) is 5.67. The minimum atomic E-state index is -4.38. The van der Waals surface area contributed by atoms with Crippen molar-refractivity contribution in [1.29, 1.82) is 0 Å². The van der Waals surface area contributed by atoms with Crippen molar-refractivity contribution in [3.8, 4) is 0 Å². The smallest absolute Gasteiger partial charge is 0.370 e. The van der Waals surface area contributed by atoms with Gasteiger partial charge in [0.1, 0.15) is 0 Å².